The number of imide groups is 1. The van der Waals surface area contributed by atoms with Crippen LogP contribution >= 0.6 is 0 Å². The highest BCUT2D eigenvalue weighted by atomic mass is 16.6. The van der Waals surface area contributed by atoms with Crippen molar-refractivity contribution >= 4 is 51.8 Å². The van der Waals surface area contributed by atoms with Crippen LogP contribution in [-0.2, 0) is 37.0 Å². The fourth-order valence-corrected chi connectivity index (χ4v) is 4.79. The summed E-state index contributed by atoms with van der Waals surface area (Å²) in [6.45, 7) is 3.13. The molecule has 2 aromatic carbocycles. The van der Waals surface area contributed by atoms with Crippen molar-refractivity contribution in [3.63, 3.8) is 0 Å². The molecule has 2 aromatic heterocycles. The number of esters is 3. The van der Waals surface area contributed by atoms with Crippen molar-refractivity contribution < 1.29 is 47.0 Å². The molecule has 1 saturated heterocycles. The van der Waals surface area contributed by atoms with E-state index < -0.39 is 35.9 Å². The molecule has 0 bridgehead atoms. The molecular weight excluding hydrogens is 548 g/mol. The Morgan fingerprint density at radius 1 is 0.810 bits per heavy atom. The Hall–Kier alpha value is -5.13. The van der Waals surface area contributed by atoms with E-state index in [2.05, 4.69) is 5.32 Å². The Bertz CT molecular complexity index is 1680. The van der Waals surface area contributed by atoms with Crippen LogP contribution in [0.2, 0.25) is 0 Å². The predicted molar refractivity (Wildman–Crippen MR) is 146 cm³/mol. The van der Waals surface area contributed by atoms with E-state index in [4.69, 9.17) is 23.0 Å². The van der Waals surface area contributed by atoms with Crippen LogP contribution < -0.4 is 5.32 Å². The molecule has 1 aliphatic heterocycles. The molecule has 0 spiro atoms. The third-order valence-electron chi connectivity index (χ3n) is 6.76. The summed E-state index contributed by atoms with van der Waals surface area (Å²) < 4.78 is 26.9. The zero-order chi connectivity index (χ0) is 29.8. The van der Waals surface area contributed by atoms with Crippen LogP contribution in [0.3, 0.4) is 0 Å². The number of para-hydroxylation sites is 2. The first-order chi connectivity index (χ1) is 20.3. The summed E-state index contributed by atoms with van der Waals surface area (Å²) >= 11 is 0. The summed E-state index contributed by atoms with van der Waals surface area (Å²) in [6.07, 6.45) is -0.203. The fourth-order valence-electron chi connectivity index (χ4n) is 4.79. The maximum atomic E-state index is 13.1. The topological polar surface area (TPSA) is 155 Å². The molecule has 42 heavy (non-hydrogen) atoms. The van der Waals surface area contributed by atoms with Crippen molar-refractivity contribution in [1.29, 1.82) is 0 Å². The van der Waals surface area contributed by atoms with Gasteiger partial charge in [-0.05, 0) is 32.4 Å². The number of nitrogens with one attached hydrogen (secondary N) is 1. The van der Waals surface area contributed by atoms with Gasteiger partial charge in [-0.3, -0.25) is 14.5 Å². The van der Waals surface area contributed by atoms with Gasteiger partial charge in [0.05, 0.1) is 25.3 Å². The highest BCUT2D eigenvalue weighted by Crippen LogP contribution is 2.30. The van der Waals surface area contributed by atoms with Gasteiger partial charge in [-0.25, -0.2) is 14.4 Å². The molecule has 1 atom stereocenters. The average Bonchev–Trinajstić information content (AvgIpc) is 3.63. The number of fused-ring (bicyclic) bond motifs is 2. The van der Waals surface area contributed by atoms with E-state index in [0.29, 0.717) is 33.1 Å². The zero-order valence-electron chi connectivity index (χ0n) is 23.0. The van der Waals surface area contributed by atoms with Crippen molar-refractivity contribution in [3.05, 3.63) is 71.2 Å². The molecule has 0 unspecified atom stereocenters. The molecule has 12 heteroatoms. The fraction of sp³-hybridized carbons (Fsp3) is 0.300. The predicted octanol–water partition coefficient (Wildman–Crippen LogP) is 4.48. The molecule has 1 N–H and O–H groups in total. The van der Waals surface area contributed by atoms with E-state index in [0.717, 1.165) is 4.90 Å². The molecule has 1 aliphatic rings. The van der Waals surface area contributed by atoms with Gasteiger partial charge in [0.2, 0.25) is 11.5 Å². The van der Waals surface area contributed by atoms with Gasteiger partial charge in [-0.15, -0.1) is 0 Å². The van der Waals surface area contributed by atoms with Crippen LogP contribution in [0.25, 0.3) is 21.9 Å². The smallest absolute Gasteiger partial charge is 0.374 e. The van der Waals surface area contributed by atoms with Gasteiger partial charge < -0.3 is 28.4 Å². The van der Waals surface area contributed by atoms with Crippen LogP contribution in [0.15, 0.2) is 57.4 Å². The lowest BCUT2D eigenvalue weighted by molar-refractivity contribution is -0.145. The number of ether oxygens (including phenoxy) is 3. The van der Waals surface area contributed by atoms with Gasteiger partial charge in [0.25, 0.3) is 5.91 Å². The van der Waals surface area contributed by atoms with E-state index in [-0.39, 0.29) is 50.7 Å². The number of benzene rings is 2. The number of hydrogen-bond acceptors (Lipinski definition) is 10. The van der Waals surface area contributed by atoms with Crippen LogP contribution in [0.1, 0.15) is 58.9 Å². The number of urea groups is 1. The summed E-state index contributed by atoms with van der Waals surface area (Å²) in [4.78, 5) is 64.4. The minimum absolute atomic E-state index is 0.0202. The van der Waals surface area contributed by atoms with Crippen LogP contribution in [0.4, 0.5) is 4.79 Å². The first-order valence-corrected chi connectivity index (χ1v) is 13.4. The molecule has 1 fully saturated rings. The quantitative estimate of drug-likeness (QED) is 0.154. The molecule has 3 heterocycles. The second-order valence-corrected chi connectivity index (χ2v) is 9.38. The first kappa shape index (κ1) is 28.4. The monoisotopic (exact) mass is 576 g/mol. The number of hydrogen-bond donors (Lipinski definition) is 1. The van der Waals surface area contributed by atoms with Crippen molar-refractivity contribution in [2.45, 2.75) is 45.9 Å². The van der Waals surface area contributed by atoms with Gasteiger partial charge in [-0.1, -0.05) is 36.4 Å². The molecule has 0 saturated carbocycles. The zero-order valence-corrected chi connectivity index (χ0v) is 23.0. The van der Waals surface area contributed by atoms with Gasteiger partial charge in [0.1, 0.15) is 23.8 Å². The highest BCUT2D eigenvalue weighted by Gasteiger charge is 2.39. The SMILES string of the molecule is CCOC(=O)c1oc2ccccc2c1COC(=O)CC[C@@H]1NC(=O)N(Cc2c(C(=O)OCC)oc3ccccc23)C1=O. The van der Waals surface area contributed by atoms with Crippen LogP contribution in [0, 0.1) is 0 Å². The molecule has 5 rings (SSSR count). The number of nitrogens with zero attached hydrogens (tertiary/aromatic N) is 1. The maximum absolute atomic E-state index is 13.1. The van der Waals surface area contributed by atoms with Gasteiger partial charge in [0, 0.05) is 22.8 Å². The first-order valence-electron chi connectivity index (χ1n) is 13.4. The molecule has 4 aromatic rings. The summed E-state index contributed by atoms with van der Waals surface area (Å²) in [6, 6.07) is 12.2. The molecule has 0 radical (unpaired) electrons. The Morgan fingerprint density at radius 3 is 1.95 bits per heavy atom. The van der Waals surface area contributed by atoms with E-state index in [1.165, 1.54) is 0 Å². The summed E-state index contributed by atoms with van der Waals surface area (Å²) in [5.74, 6) is -2.70. The summed E-state index contributed by atoms with van der Waals surface area (Å²) in [7, 11) is 0. The lowest BCUT2D eigenvalue weighted by Crippen LogP contribution is -2.31. The third kappa shape index (κ3) is 5.55. The van der Waals surface area contributed by atoms with Crippen molar-refractivity contribution in [2.24, 2.45) is 0 Å². The molecule has 0 aliphatic carbocycles. The van der Waals surface area contributed by atoms with Gasteiger partial charge in [0.15, 0.2) is 0 Å². The van der Waals surface area contributed by atoms with Gasteiger partial charge >= 0.3 is 23.9 Å². The standard InChI is InChI=1S/C30H28N2O10/c1-3-38-28(35)25-19(17-9-5-7-11-22(17)41-25)15-32-27(34)21(31-30(32)37)13-14-24(33)40-16-20-18-10-6-8-12-23(18)42-26(20)29(36)39-4-2/h5-12,21H,3-4,13-16H2,1-2H3,(H,31,37)/t21-/m0/s1. The van der Waals surface area contributed by atoms with Crippen LogP contribution in [-0.4, -0.2) is 54.0 Å². The molecule has 3 amide bonds. The number of amides is 3. The summed E-state index contributed by atoms with van der Waals surface area (Å²) in [5.41, 5.74) is 1.58. The lowest BCUT2D eigenvalue weighted by Gasteiger charge is -2.13. The Kier molecular flexibility index (Phi) is 8.23. The average molecular weight is 577 g/mol. The molecular formula is C30H28N2O10. The lowest BCUT2D eigenvalue weighted by atomic mass is 10.1. The van der Waals surface area contributed by atoms with Crippen LogP contribution in [0.5, 0.6) is 0 Å². The molecule has 12 nitrogen and oxygen atoms in total. The maximum Gasteiger partial charge on any atom is 0.374 e. The number of furan rings is 2. The minimum atomic E-state index is -0.973. The second-order valence-electron chi connectivity index (χ2n) is 9.38. The van der Waals surface area contributed by atoms with E-state index in [1.807, 2.05) is 0 Å². The third-order valence-corrected chi connectivity index (χ3v) is 6.76. The van der Waals surface area contributed by atoms with Crippen molar-refractivity contribution in [2.75, 3.05) is 13.2 Å². The van der Waals surface area contributed by atoms with Crippen molar-refractivity contribution in [3.8, 4) is 0 Å². The number of carbonyl (C=O) groups excluding carboxylic acids is 5. The van der Waals surface area contributed by atoms with E-state index in [9.17, 15) is 24.0 Å². The molecule has 218 valence electrons. The second kappa shape index (κ2) is 12.2. The van der Waals surface area contributed by atoms with Crippen molar-refractivity contribution in [1.82, 2.24) is 10.2 Å². The summed E-state index contributed by atoms with van der Waals surface area (Å²) in [5, 5.41) is 3.76. The Balaban J connectivity index is 1.24. The van der Waals surface area contributed by atoms with Gasteiger partial charge in [-0.2, -0.15) is 0 Å². The van der Waals surface area contributed by atoms with E-state index >= 15 is 0 Å². The van der Waals surface area contributed by atoms with E-state index in [1.54, 1.807) is 62.4 Å². The largest absolute Gasteiger partial charge is 0.461 e. The number of rotatable bonds is 11. The Labute approximate surface area is 239 Å². The number of carbonyl (C=O) groups is 5. The normalized spacial score (nSPS) is 14.8. The minimum Gasteiger partial charge on any atom is -0.461 e. The highest BCUT2D eigenvalue weighted by molar-refractivity contribution is 6.05. The Morgan fingerprint density at radius 2 is 1.36 bits per heavy atom.